The third-order valence-electron chi connectivity index (χ3n) is 8.26. The maximum Gasteiger partial charge on any atom is 0.490 e. The van der Waals surface area contributed by atoms with E-state index in [1.54, 1.807) is 12.5 Å². The predicted molar refractivity (Wildman–Crippen MR) is 191 cm³/mol. The average Bonchev–Trinajstić information content (AvgIpc) is 3.78. The van der Waals surface area contributed by atoms with E-state index in [2.05, 4.69) is 25.5 Å². The average molecular weight is 804 g/mol. The van der Waals surface area contributed by atoms with Crippen LogP contribution in [0.15, 0.2) is 67.4 Å². The number of halogens is 7. The van der Waals surface area contributed by atoms with Gasteiger partial charge in [-0.2, -0.15) is 26.3 Å². The van der Waals surface area contributed by atoms with Crippen LogP contribution in [0.3, 0.4) is 0 Å². The number of H-pyrrole nitrogens is 1. The molecule has 5 N–H and O–H groups in total. The van der Waals surface area contributed by atoms with Gasteiger partial charge >= 0.3 is 30.3 Å². The Hall–Kier alpha value is -5.30. The van der Waals surface area contributed by atoms with Crippen molar-refractivity contribution in [1.29, 1.82) is 0 Å². The maximum absolute atomic E-state index is 14.5. The Morgan fingerprint density at radius 2 is 1.67 bits per heavy atom. The predicted octanol–water partition coefficient (Wildman–Crippen LogP) is 5.91. The monoisotopic (exact) mass is 803 g/mol. The first kappa shape index (κ1) is 44.1. The maximum atomic E-state index is 14.5. The van der Waals surface area contributed by atoms with E-state index in [0.717, 1.165) is 53.6 Å². The fourth-order valence-electron chi connectivity index (χ4n) is 5.85. The largest absolute Gasteiger partial charge is 0.490 e. The van der Waals surface area contributed by atoms with E-state index in [1.165, 1.54) is 0 Å². The zero-order valence-electron chi connectivity index (χ0n) is 29.8. The molecule has 3 atom stereocenters. The summed E-state index contributed by atoms with van der Waals surface area (Å²) in [4.78, 5) is 56.8. The molecule has 13 nitrogen and oxygen atoms in total. The number of aliphatic carboxylic acids is 2. The van der Waals surface area contributed by atoms with Crippen LogP contribution in [0.1, 0.15) is 30.4 Å². The minimum atomic E-state index is -5.08. The summed E-state index contributed by atoms with van der Waals surface area (Å²) in [6, 6.07) is 12.6. The normalized spacial score (nSPS) is 15.1. The van der Waals surface area contributed by atoms with Crippen LogP contribution in [0.4, 0.5) is 36.8 Å². The van der Waals surface area contributed by atoms with Crippen LogP contribution < -0.4 is 15.5 Å². The number of nitrogens with one attached hydrogen (secondary N) is 3. The number of rotatable bonds is 10. The molecular weight excluding hydrogens is 764 g/mol. The number of carbonyl (C=O) groups excluding carboxylic acids is 2. The molecule has 0 spiro atoms. The van der Waals surface area contributed by atoms with Crippen molar-refractivity contribution >= 4 is 52.1 Å². The molecule has 0 saturated heterocycles. The van der Waals surface area contributed by atoms with Crippen molar-refractivity contribution in [3.63, 3.8) is 0 Å². The molecular formula is C35H40ClF6N7O6. The van der Waals surface area contributed by atoms with Crippen LogP contribution in [-0.4, -0.2) is 106 Å². The summed E-state index contributed by atoms with van der Waals surface area (Å²) < 4.78 is 65.4. The smallest absolute Gasteiger partial charge is 0.475 e. The number of nitrogens with zero attached hydrogens (tertiary/aromatic N) is 4. The minimum absolute atomic E-state index is 0.136. The van der Waals surface area contributed by atoms with Gasteiger partial charge in [0, 0.05) is 72.3 Å². The van der Waals surface area contributed by atoms with Gasteiger partial charge < -0.3 is 40.2 Å². The molecule has 2 aromatic heterocycles. The number of urea groups is 1. The second kappa shape index (κ2) is 19.3. The van der Waals surface area contributed by atoms with Crippen LogP contribution >= 0.6 is 11.6 Å². The van der Waals surface area contributed by atoms with Crippen molar-refractivity contribution in [3.05, 3.63) is 83.5 Å². The summed E-state index contributed by atoms with van der Waals surface area (Å²) in [6.07, 6.45) is -1.26. The summed E-state index contributed by atoms with van der Waals surface area (Å²) >= 11 is 6.37. The molecule has 3 amide bonds. The quantitative estimate of drug-likeness (QED) is 0.0973. The molecule has 4 aromatic rings. The number of fused-ring (bicyclic) bond motifs is 2. The van der Waals surface area contributed by atoms with Crippen LogP contribution in [0, 0.1) is 5.92 Å². The molecule has 5 rings (SSSR count). The molecule has 55 heavy (non-hydrogen) atoms. The number of amides is 3. The second-order valence-corrected chi connectivity index (χ2v) is 13.2. The molecule has 1 aliphatic rings. The van der Waals surface area contributed by atoms with Gasteiger partial charge in [0.1, 0.15) is 6.04 Å². The topological polar surface area (TPSA) is 173 Å². The Balaban J connectivity index is 0.000000494. The van der Waals surface area contributed by atoms with Crippen LogP contribution in [-0.2, 0) is 27.3 Å². The summed E-state index contributed by atoms with van der Waals surface area (Å²) in [6.45, 7) is 4.62. The zero-order valence-corrected chi connectivity index (χ0v) is 30.5. The van der Waals surface area contributed by atoms with Crippen molar-refractivity contribution in [1.82, 2.24) is 30.1 Å². The molecule has 2 aromatic carbocycles. The minimum Gasteiger partial charge on any atom is -0.475 e. The molecule has 0 fully saturated rings. The summed E-state index contributed by atoms with van der Waals surface area (Å²) in [5.74, 6) is -5.70. The number of anilines is 1. The van der Waals surface area contributed by atoms with Gasteiger partial charge in [0.05, 0.1) is 6.33 Å². The number of benzene rings is 2. The van der Waals surface area contributed by atoms with Crippen molar-refractivity contribution in [2.45, 2.75) is 50.6 Å². The fraction of sp³-hybridized carbons (Fsp3) is 0.400. The lowest BCUT2D eigenvalue weighted by atomic mass is 9.88. The number of para-hydroxylation sites is 1. The molecule has 0 radical (unpaired) electrons. The number of aromatic nitrogens is 3. The number of alkyl halides is 6. The van der Waals surface area contributed by atoms with Gasteiger partial charge in [0.2, 0.25) is 5.91 Å². The molecule has 2 unspecified atom stereocenters. The highest BCUT2D eigenvalue weighted by atomic mass is 35.5. The number of carbonyl (C=O) groups is 4. The summed E-state index contributed by atoms with van der Waals surface area (Å²) in [5.41, 5.74) is 3.88. The summed E-state index contributed by atoms with van der Waals surface area (Å²) in [7, 11) is 4.08. The summed E-state index contributed by atoms with van der Waals surface area (Å²) in [5, 5.41) is 21.9. The first-order valence-corrected chi connectivity index (χ1v) is 17.0. The first-order valence-electron chi connectivity index (χ1n) is 16.6. The highest BCUT2D eigenvalue weighted by Gasteiger charge is 2.39. The molecule has 3 heterocycles. The van der Waals surface area contributed by atoms with Gasteiger partial charge in [0.15, 0.2) is 0 Å². The van der Waals surface area contributed by atoms with E-state index in [1.807, 2.05) is 85.3 Å². The molecule has 0 aliphatic carbocycles. The van der Waals surface area contributed by atoms with Gasteiger partial charge in [-0.05, 0) is 68.2 Å². The highest BCUT2D eigenvalue weighted by molar-refractivity contribution is 6.30. The number of carboxylic acids is 2. The van der Waals surface area contributed by atoms with Crippen LogP contribution in [0.2, 0.25) is 5.02 Å². The molecule has 0 bridgehead atoms. The second-order valence-electron chi connectivity index (χ2n) is 12.8. The third-order valence-corrected chi connectivity index (χ3v) is 8.49. The standard InChI is InChI=1S/C31H38ClN7O2.2C2HF3O2/c1-21(26-17-35-27-8-5-4-7-25(26)27)29(36-31(41)34-11-6-13-38-14-12-33-20-38)30(40)39-19-22(18-37(2)3)15-23-16-24(32)9-10-28(23)39;2*3-2(4,5)1(6)7/h4-5,7-10,12,14,16-17,20-22,29,35H,6,11,13,15,18-19H2,1-3H3,(H2,34,36,41);2*(H,6,7)/t21?,22-,29?;;/m1../s1. The van der Waals surface area contributed by atoms with Crippen molar-refractivity contribution in [2.75, 3.05) is 38.6 Å². The van der Waals surface area contributed by atoms with Gasteiger partial charge in [-0.1, -0.05) is 36.7 Å². The number of hydrogen-bond donors (Lipinski definition) is 5. The number of hydrogen-bond acceptors (Lipinski definition) is 6. The van der Waals surface area contributed by atoms with E-state index in [0.29, 0.717) is 18.1 Å². The lowest BCUT2D eigenvalue weighted by Gasteiger charge is -2.38. The SMILES string of the molecule is CC(c1c[nH]c2ccccc12)C(NC(=O)NCCCn1ccnc1)C(=O)N1C[C@@H](CN(C)C)Cc2cc(Cl)ccc21.O=C(O)C(F)(F)F.O=C(O)C(F)(F)F. The van der Waals surface area contributed by atoms with Crippen molar-refractivity contribution < 1.29 is 55.7 Å². The van der Waals surface area contributed by atoms with E-state index in [4.69, 9.17) is 31.4 Å². The number of imidazole rings is 1. The Labute approximate surface area is 316 Å². The lowest BCUT2D eigenvalue weighted by Crippen LogP contribution is -2.56. The number of carboxylic acid groups (broad SMARTS) is 2. The fourth-order valence-corrected chi connectivity index (χ4v) is 6.05. The first-order chi connectivity index (χ1) is 25.7. The van der Waals surface area contributed by atoms with Gasteiger partial charge in [0.25, 0.3) is 0 Å². The Morgan fingerprint density at radius 1 is 1.04 bits per heavy atom. The van der Waals surface area contributed by atoms with Crippen LogP contribution in [0.5, 0.6) is 0 Å². The van der Waals surface area contributed by atoms with Crippen LogP contribution in [0.25, 0.3) is 10.9 Å². The lowest BCUT2D eigenvalue weighted by molar-refractivity contribution is -0.193. The molecule has 300 valence electrons. The van der Waals surface area contributed by atoms with Crippen molar-refractivity contribution in [3.8, 4) is 0 Å². The highest BCUT2D eigenvalue weighted by Crippen LogP contribution is 2.35. The van der Waals surface area contributed by atoms with Crippen molar-refractivity contribution in [2.24, 2.45) is 5.92 Å². The third kappa shape index (κ3) is 13.2. The Morgan fingerprint density at radius 3 is 2.25 bits per heavy atom. The van der Waals surface area contributed by atoms with E-state index < -0.39 is 30.3 Å². The molecule has 20 heteroatoms. The van der Waals surface area contributed by atoms with E-state index in [9.17, 15) is 35.9 Å². The Kier molecular flexibility index (Phi) is 15.5. The van der Waals surface area contributed by atoms with E-state index in [-0.39, 0.29) is 23.8 Å². The number of aromatic amines is 1. The van der Waals surface area contributed by atoms with Gasteiger partial charge in [-0.3, -0.25) is 4.79 Å². The Bertz CT molecular complexity index is 1880. The number of aryl methyl sites for hydroxylation is 1. The van der Waals surface area contributed by atoms with Gasteiger partial charge in [-0.15, -0.1) is 0 Å². The van der Waals surface area contributed by atoms with Gasteiger partial charge in [-0.25, -0.2) is 19.4 Å². The molecule has 1 aliphatic heterocycles. The zero-order chi connectivity index (χ0) is 41.1. The molecule has 0 saturated carbocycles. The van der Waals surface area contributed by atoms with E-state index >= 15 is 0 Å².